The fourth-order valence-corrected chi connectivity index (χ4v) is 4.05. The number of aromatic nitrogens is 3. The smallest absolute Gasteiger partial charge is 0.241 e. The fraction of sp³-hybridized carbons (Fsp3) is 0.304. The molecule has 6 nitrogen and oxygen atoms in total. The molecule has 0 aliphatic carbocycles. The van der Waals surface area contributed by atoms with E-state index in [9.17, 15) is 0 Å². The highest BCUT2D eigenvalue weighted by atomic mass is 16.5. The lowest BCUT2D eigenvalue weighted by Gasteiger charge is -2.36. The summed E-state index contributed by atoms with van der Waals surface area (Å²) in [6.45, 7) is 6.03. The van der Waals surface area contributed by atoms with Crippen molar-refractivity contribution in [3.8, 4) is 5.88 Å². The van der Waals surface area contributed by atoms with Crippen molar-refractivity contribution in [1.82, 2.24) is 19.9 Å². The number of nitrogens with zero attached hydrogens (tertiary/aromatic N) is 4. The second kappa shape index (κ2) is 8.09. The van der Waals surface area contributed by atoms with Crippen LogP contribution in [0.2, 0.25) is 0 Å². The van der Waals surface area contributed by atoms with Gasteiger partial charge in [-0.1, -0.05) is 36.4 Å². The number of hydrogen-bond donors (Lipinski definition) is 1. The zero-order valence-corrected chi connectivity index (χ0v) is 16.4. The average Bonchev–Trinajstić information content (AvgIpc) is 3.17. The predicted octanol–water partition coefficient (Wildman–Crippen LogP) is 3.70. The standard InChI is InChI=1S/C23H25N5O/c1-2-7-18(8-3-1)28-14-12-27(13-15-28)11-6-16-29-23-22-21(24-17-25-23)19-9-4-5-10-20(19)26-22/h1-5,7-10,17,26H,6,11-16H2. The summed E-state index contributed by atoms with van der Waals surface area (Å²) in [5, 5.41) is 1.10. The van der Waals surface area contributed by atoms with Gasteiger partial charge in [-0.25, -0.2) is 4.98 Å². The molecule has 0 saturated carbocycles. The Kier molecular flexibility index (Phi) is 5.01. The van der Waals surface area contributed by atoms with Crippen molar-refractivity contribution in [2.45, 2.75) is 6.42 Å². The SMILES string of the molecule is c1ccc(N2CCN(CCCOc3ncnc4c3[nH]c3ccccc34)CC2)cc1. The van der Waals surface area contributed by atoms with Crippen LogP contribution in [0.25, 0.3) is 21.9 Å². The molecule has 1 aliphatic heterocycles. The van der Waals surface area contributed by atoms with Crippen molar-refractivity contribution in [2.75, 3.05) is 44.2 Å². The monoisotopic (exact) mass is 387 g/mol. The second-order valence-corrected chi connectivity index (χ2v) is 7.44. The minimum Gasteiger partial charge on any atom is -0.476 e. The molecule has 0 unspecified atom stereocenters. The topological polar surface area (TPSA) is 57.3 Å². The largest absolute Gasteiger partial charge is 0.476 e. The summed E-state index contributed by atoms with van der Waals surface area (Å²) in [5.41, 5.74) is 4.18. The van der Waals surface area contributed by atoms with E-state index in [1.54, 1.807) is 6.33 Å². The minimum atomic E-state index is 0.639. The molecule has 0 radical (unpaired) electrons. The number of nitrogens with one attached hydrogen (secondary N) is 1. The van der Waals surface area contributed by atoms with E-state index in [0.29, 0.717) is 12.5 Å². The van der Waals surface area contributed by atoms with Gasteiger partial charge in [-0.15, -0.1) is 0 Å². The number of benzene rings is 2. The maximum absolute atomic E-state index is 6.01. The Labute approximate surface area is 170 Å². The van der Waals surface area contributed by atoms with Crippen LogP contribution in [-0.2, 0) is 0 Å². The molecule has 2 aromatic heterocycles. The van der Waals surface area contributed by atoms with Crippen LogP contribution in [0.15, 0.2) is 60.9 Å². The number of ether oxygens (including phenoxy) is 1. The molecule has 6 heteroatoms. The third-order valence-corrected chi connectivity index (χ3v) is 5.61. The van der Waals surface area contributed by atoms with Crippen LogP contribution in [0.1, 0.15) is 6.42 Å². The van der Waals surface area contributed by atoms with E-state index in [-0.39, 0.29) is 0 Å². The quantitative estimate of drug-likeness (QED) is 0.511. The molecule has 0 bridgehead atoms. The van der Waals surface area contributed by atoms with Gasteiger partial charge >= 0.3 is 0 Å². The molecular weight excluding hydrogens is 362 g/mol. The lowest BCUT2D eigenvalue weighted by Crippen LogP contribution is -2.46. The van der Waals surface area contributed by atoms with Crippen LogP contribution in [0.5, 0.6) is 5.88 Å². The van der Waals surface area contributed by atoms with E-state index in [4.69, 9.17) is 4.74 Å². The summed E-state index contributed by atoms with van der Waals surface area (Å²) in [4.78, 5) is 17.1. The molecule has 0 amide bonds. The zero-order chi connectivity index (χ0) is 19.5. The molecule has 1 aliphatic rings. The van der Waals surface area contributed by atoms with Crippen molar-refractivity contribution in [3.05, 3.63) is 60.9 Å². The van der Waals surface area contributed by atoms with Gasteiger partial charge in [0, 0.05) is 49.3 Å². The van der Waals surface area contributed by atoms with Gasteiger partial charge in [0.15, 0.2) is 0 Å². The average molecular weight is 387 g/mol. The molecule has 1 N–H and O–H groups in total. The lowest BCUT2D eigenvalue weighted by molar-refractivity contribution is 0.222. The van der Waals surface area contributed by atoms with Gasteiger partial charge in [-0.3, -0.25) is 4.90 Å². The number of anilines is 1. The zero-order valence-electron chi connectivity index (χ0n) is 16.4. The first-order chi connectivity index (χ1) is 14.4. The Morgan fingerprint density at radius 1 is 0.897 bits per heavy atom. The van der Waals surface area contributed by atoms with Gasteiger partial charge in [-0.2, -0.15) is 4.98 Å². The number of fused-ring (bicyclic) bond motifs is 3. The van der Waals surface area contributed by atoms with Crippen molar-refractivity contribution >= 4 is 27.6 Å². The predicted molar refractivity (Wildman–Crippen MR) is 117 cm³/mol. The molecule has 1 saturated heterocycles. The highest BCUT2D eigenvalue weighted by Crippen LogP contribution is 2.28. The first kappa shape index (κ1) is 17.9. The number of H-pyrrole nitrogens is 1. The van der Waals surface area contributed by atoms with Crippen LogP contribution < -0.4 is 9.64 Å². The van der Waals surface area contributed by atoms with Crippen LogP contribution in [0.3, 0.4) is 0 Å². The Balaban J connectivity index is 1.14. The van der Waals surface area contributed by atoms with E-state index in [1.165, 1.54) is 5.69 Å². The Morgan fingerprint density at radius 2 is 1.69 bits per heavy atom. The maximum atomic E-state index is 6.01. The van der Waals surface area contributed by atoms with Gasteiger partial charge in [0.05, 0.1) is 6.61 Å². The van der Waals surface area contributed by atoms with Gasteiger partial charge in [-0.05, 0) is 24.6 Å². The summed E-state index contributed by atoms with van der Waals surface area (Å²) in [5.74, 6) is 0.639. The molecule has 1 fully saturated rings. The number of piperazine rings is 1. The summed E-state index contributed by atoms with van der Waals surface area (Å²) in [6.07, 6.45) is 2.57. The second-order valence-electron chi connectivity index (χ2n) is 7.44. The number of hydrogen-bond acceptors (Lipinski definition) is 5. The van der Waals surface area contributed by atoms with Crippen molar-refractivity contribution in [2.24, 2.45) is 0 Å². The Hall–Kier alpha value is -3.12. The van der Waals surface area contributed by atoms with E-state index < -0.39 is 0 Å². The highest BCUT2D eigenvalue weighted by molar-refractivity contribution is 6.06. The van der Waals surface area contributed by atoms with E-state index >= 15 is 0 Å². The molecule has 29 heavy (non-hydrogen) atoms. The van der Waals surface area contributed by atoms with Crippen LogP contribution in [0.4, 0.5) is 5.69 Å². The molecule has 0 atom stereocenters. The van der Waals surface area contributed by atoms with Crippen LogP contribution >= 0.6 is 0 Å². The molecule has 2 aromatic carbocycles. The molecule has 3 heterocycles. The van der Waals surface area contributed by atoms with Gasteiger partial charge < -0.3 is 14.6 Å². The third-order valence-electron chi connectivity index (χ3n) is 5.61. The van der Waals surface area contributed by atoms with E-state index in [1.807, 2.05) is 12.1 Å². The minimum absolute atomic E-state index is 0.639. The highest BCUT2D eigenvalue weighted by Gasteiger charge is 2.17. The van der Waals surface area contributed by atoms with Gasteiger partial charge in [0.25, 0.3) is 0 Å². The summed E-state index contributed by atoms with van der Waals surface area (Å²) >= 11 is 0. The van der Waals surface area contributed by atoms with Gasteiger partial charge in [0.1, 0.15) is 17.4 Å². The summed E-state index contributed by atoms with van der Waals surface area (Å²) in [7, 11) is 0. The number of aromatic amines is 1. The normalized spacial score (nSPS) is 15.2. The van der Waals surface area contributed by atoms with E-state index in [2.05, 4.69) is 67.2 Å². The number of rotatable bonds is 6. The van der Waals surface area contributed by atoms with Gasteiger partial charge in [0.2, 0.25) is 5.88 Å². The van der Waals surface area contributed by atoms with Crippen molar-refractivity contribution in [1.29, 1.82) is 0 Å². The fourth-order valence-electron chi connectivity index (χ4n) is 4.05. The van der Waals surface area contributed by atoms with Crippen LogP contribution in [-0.4, -0.2) is 59.2 Å². The molecule has 5 rings (SSSR count). The maximum Gasteiger partial charge on any atom is 0.241 e. The first-order valence-electron chi connectivity index (χ1n) is 10.2. The molecule has 4 aromatic rings. The molecule has 0 spiro atoms. The van der Waals surface area contributed by atoms with Crippen LogP contribution in [0, 0.1) is 0 Å². The van der Waals surface area contributed by atoms with Crippen molar-refractivity contribution in [3.63, 3.8) is 0 Å². The molecule has 148 valence electrons. The summed E-state index contributed by atoms with van der Waals surface area (Å²) in [6, 6.07) is 18.8. The Morgan fingerprint density at radius 3 is 2.55 bits per heavy atom. The molecular formula is C23H25N5O. The van der Waals surface area contributed by atoms with E-state index in [0.717, 1.165) is 61.1 Å². The van der Waals surface area contributed by atoms with Crippen molar-refractivity contribution < 1.29 is 4.74 Å². The third kappa shape index (κ3) is 3.76. The first-order valence-corrected chi connectivity index (χ1v) is 10.2. The summed E-state index contributed by atoms with van der Waals surface area (Å²) < 4.78 is 6.01. The lowest BCUT2D eigenvalue weighted by atomic mass is 10.2. The number of para-hydroxylation sites is 2. The Bertz CT molecular complexity index is 1090.